The summed E-state index contributed by atoms with van der Waals surface area (Å²) in [6.45, 7) is 15.7. The molecule has 0 aliphatic carbocycles. The Labute approximate surface area is 233 Å². The first kappa shape index (κ1) is 34.1. The minimum atomic E-state index is -0.739. The zero-order valence-corrected chi connectivity index (χ0v) is 25.0. The summed E-state index contributed by atoms with van der Waals surface area (Å²) in [5.41, 5.74) is 0.656. The Morgan fingerprint density at radius 1 is 0.795 bits per heavy atom. The van der Waals surface area contributed by atoms with Gasteiger partial charge in [0.2, 0.25) is 0 Å². The number of carbonyl (C=O) groups is 4. The monoisotopic (exact) mass is 549 g/mol. The quantitative estimate of drug-likeness (QED) is 0.177. The molecule has 0 aliphatic rings. The van der Waals surface area contributed by atoms with Gasteiger partial charge in [-0.25, -0.2) is 0 Å². The first-order valence-electron chi connectivity index (χ1n) is 13.8. The molecule has 0 bridgehead atoms. The van der Waals surface area contributed by atoms with Gasteiger partial charge in [-0.05, 0) is 48.3 Å². The van der Waals surface area contributed by atoms with Crippen LogP contribution in [0.3, 0.4) is 0 Å². The second-order valence-electron chi connectivity index (χ2n) is 11.1. The van der Waals surface area contributed by atoms with Gasteiger partial charge in [0.05, 0.1) is 18.9 Å². The summed E-state index contributed by atoms with van der Waals surface area (Å²) < 4.78 is 21.5. The molecule has 1 aromatic carbocycles. The molecule has 2 unspecified atom stereocenters. The lowest BCUT2D eigenvalue weighted by atomic mass is 9.98. The zero-order chi connectivity index (χ0) is 29.7. The summed E-state index contributed by atoms with van der Waals surface area (Å²) in [6, 6.07) is 4.12. The second-order valence-corrected chi connectivity index (χ2v) is 11.1. The number of hydrogen-bond acceptors (Lipinski definition) is 9. The Hall–Kier alpha value is -2.94. The van der Waals surface area contributed by atoms with Crippen LogP contribution >= 0.6 is 0 Å². The van der Waals surface area contributed by atoms with Gasteiger partial charge in [-0.2, -0.15) is 0 Å². The van der Waals surface area contributed by atoms with Crippen molar-refractivity contribution in [2.24, 2.45) is 29.6 Å². The Balaban J connectivity index is 3.05. The number of esters is 4. The first-order valence-corrected chi connectivity index (χ1v) is 13.8. The lowest BCUT2D eigenvalue weighted by molar-refractivity contribution is -0.144. The molecule has 3 atom stereocenters. The van der Waals surface area contributed by atoms with Gasteiger partial charge in [-0.15, -0.1) is 0 Å². The predicted octanol–water partition coefficient (Wildman–Crippen LogP) is 4.73. The lowest BCUT2D eigenvalue weighted by Crippen LogP contribution is -2.41. The predicted molar refractivity (Wildman–Crippen MR) is 148 cm³/mol. The van der Waals surface area contributed by atoms with Crippen molar-refractivity contribution in [2.75, 3.05) is 20.3 Å². The lowest BCUT2D eigenvalue weighted by Gasteiger charge is -2.20. The Morgan fingerprint density at radius 3 is 1.87 bits per heavy atom. The van der Waals surface area contributed by atoms with E-state index in [-0.39, 0.29) is 60.7 Å². The topological polar surface area (TPSA) is 117 Å². The van der Waals surface area contributed by atoms with Crippen LogP contribution in [0.25, 0.3) is 0 Å². The third-order valence-corrected chi connectivity index (χ3v) is 6.78. The summed E-state index contributed by atoms with van der Waals surface area (Å²) in [6.07, 6.45) is 1.30. The van der Waals surface area contributed by atoms with E-state index >= 15 is 0 Å². The highest BCUT2D eigenvalue weighted by atomic mass is 16.6. The van der Waals surface area contributed by atoms with Crippen molar-refractivity contribution >= 4 is 23.9 Å². The maximum atomic E-state index is 12.7. The SMILES string of the molecule is COC(=O)[C@H](Cc1ccc(OC(=O)C(C)C(C)C)c(OC(=O)C(C)C(C)C)c1)NCCOC(=O)CCC(C)C. The van der Waals surface area contributed by atoms with Crippen molar-refractivity contribution < 1.29 is 38.1 Å². The van der Waals surface area contributed by atoms with E-state index in [0.717, 1.165) is 6.42 Å². The molecule has 1 rings (SSSR count). The molecule has 0 fully saturated rings. The molecule has 9 heteroatoms. The number of ether oxygens (including phenoxy) is 4. The molecule has 220 valence electrons. The van der Waals surface area contributed by atoms with Gasteiger partial charge in [0.15, 0.2) is 11.5 Å². The maximum absolute atomic E-state index is 12.7. The van der Waals surface area contributed by atoms with E-state index in [1.807, 2.05) is 41.5 Å². The van der Waals surface area contributed by atoms with E-state index in [1.54, 1.807) is 32.0 Å². The van der Waals surface area contributed by atoms with E-state index < -0.39 is 23.9 Å². The number of benzene rings is 1. The van der Waals surface area contributed by atoms with Gasteiger partial charge in [0.25, 0.3) is 0 Å². The molecule has 0 radical (unpaired) electrons. The average Bonchev–Trinajstić information content (AvgIpc) is 2.88. The molecule has 0 saturated heterocycles. The molecule has 0 spiro atoms. The van der Waals surface area contributed by atoms with Crippen LogP contribution in [0.4, 0.5) is 0 Å². The summed E-state index contributed by atoms with van der Waals surface area (Å²) in [5.74, 6) is -1.59. The van der Waals surface area contributed by atoms with Crippen LogP contribution < -0.4 is 14.8 Å². The smallest absolute Gasteiger partial charge is 0.323 e. The molecule has 0 saturated carbocycles. The summed E-state index contributed by atoms with van der Waals surface area (Å²) in [4.78, 5) is 49.7. The van der Waals surface area contributed by atoms with Gasteiger partial charge in [0, 0.05) is 13.0 Å². The van der Waals surface area contributed by atoms with Crippen molar-refractivity contribution in [3.63, 3.8) is 0 Å². The third-order valence-electron chi connectivity index (χ3n) is 6.78. The van der Waals surface area contributed by atoms with Crippen molar-refractivity contribution in [3.05, 3.63) is 23.8 Å². The highest BCUT2D eigenvalue weighted by Gasteiger charge is 2.25. The number of methoxy groups -OCH3 is 1. The van der Waals surface area contributed by atoms with E-state index in [4.69, 9.17) is 18.9 Å². The van der Waals surface area contributed by atoms with Crippen molar-refractivity contribution in [1.29, 1.82) is 0 Å². The fourth-order valence-electron chi connectivity index (χ4n) is 3.28. The van der Waals surface area contributed by atoms with Gasteiger partial charge in [-0.3, -0.25) is 19.2 Å². The van der Waals surface area contributed by atoms with Crippen LogP contribution in [0.15, 0.2) is 18.2 Å². The van der Waals surface area contributed by atoms with Gasteiger partial charge in [0.1, 0.15) is 12.6 Å². The van der Waals surface area contributed by atoms with E-state index in [1.165, 1.54) is 7.11 Å². The van der Waals surface area contributed by atoms with Crippen LogP contribution in [0.1, 0.15) is 73.8 Å². The Kier molecular flexibility index (Phi) is 14.8. The Bertz CT molecular complexity index is 956. The minimum Gasteiger partial charge on any atom is -0.468 e. The summed E-state index contributed by atoms with van der Waals surface area (Å²) >= 11 is 0. The number of hydrogen-bond donors (Lipinski definition) is 1. The molecule has 0 heterocycles. The highest BCUT2D eigenvalue weighted by Crippen LogP contribution is 2.31. The molecular weight excluding hydrogens is 502 g/mol. The van der Waals surface area contributed by atoms with Crippen molar-refractivity contribution in [3.8, 4) is 11.5 Å². The van der Waals surface area contributed by atoms with Crippen LogP contribution in [0, 0.1) is 29.6 Å². The first-order chi connectivity index (χ1) is 18.3. The molecule has 1 N–H and O–H groups in total. The maximum Gasteiger partial charge on any atom is 0.323 e. The zero-order valence-electron chi connectivity index (χ0n) is 25.0. The van der Waals surface area contributed by atoms with Gasteiger partial charge in [-0.1, -0.05) is 61.5 Å². The van der Waals surface area contributed by atoms with Gasteiger partial charge < -0.3 is 24.3 Å². The fraction of sp³-hybridized carbons (Fsp3) is 0.667. The second kappa shape index (κ2) is 16.9. The highest BCUT2D eigenvalue weighted by molar-refractivity contribution is 5.79. The minimum absolute atomic E-state index is 0.0556. The van der Waals surface area contributed by atoms with Crippen molar-refractivity contribution in [2.45, 2.75) is 80.7 Å². The molecule has 1 aromatic rings. The van der Waals surface area contributed by atoms with Crippen LogP contribution in [-0.2, 0) is 35.1 Å². The van der Waals surface area contributed by atoms with Crippen LogP contribution in [-0.4, -0.2) is 50.2 Å². The van der Waals surface area contributed by atoms with E-state index in [0.29, 0.717) is 17.9 Å². The van der Waals surface area contributed by atoms with E-state index in [2.05, 4.69) is 5.32 Å². The average molecular weight is 550 g/mol. The molecule has 0 aromatic heterocycles. The summed E-state index contributed by atoms with van der Waals surface area (Å²) in [5, 5.41) is 3.06. The third kappa shape index (κ3) is 12.2. The molecule has 0 amide bonds. The molecule has 0 aliphatic heterocycles. The van der Waals surface area contributed by atoms with Gasteiger partial charge >= 0.3 is 23.9 Å². The molecular formula is C30H47NO8. The Morgan fingerprint density at radius 2 is 1.36 bits per heavy atom. The van der Waals surface area contributed by atoms with E-state index in [9.17, 15) is 19.2 Å². The normalized spacial score (nSPS) is 13.6. The largest absolute Gasteiger partial charge is 0.468 e. The number of carbonyl (C=O) groups excluding carboxylic acids is 4. The molecule has 39 heavy (non-hydrogen) atoms. The standard InChI is InChI=1S/C30H47NO8/c1-18(2)10-13-27(32)37-15-14-31-24(30(35)36-9)16-23-11-12-25(38-28(33)21(7)19(3)4)26(17-23)39-29(34)22(8)20(5)6/h11-12,17-22,24,31H,10,13-16H2,1-9H3/t21?,22?,24-/m0/s1. The summed E-state index contributed by atoms with van der Waals surface area (Å²) in [7, 11) is 1.29. The number of nitrogens with one attached hydrogen (secondary N) is 1. The van der Waals surface area contributed by atoms with Crippen LogP contribution in [0.5, 0.6) is 11.5 Å². The van der Waals surface area contributed by atoms with Crippen LogP contribution in [0.2, 0.25) is 0 Å². The molecule has 9 nitrogen and oxygen atoms in total. The fourth-order valence-corrected chi connectivity index (χ4v) is 3.28. The van der Waals surface area contributed by atoms with Crippen molar-refractivity contribution in [1.82, 2.24) is 5.32 Å². The number of rotatable bonds is 16.